The molecule has 2 rings (SSSR count). The van der Waals surface area contributed by atoms with Crippen LogP contribution in [0, 0.1) is 0 Å². The number of pyridine rings is 1. The van der Waals surface area contributed by atoms with E-state index in [2.05, 4.69) is 20.7 Å². The first-order valence-corrected chi connectivity index (χ1v) is 7.39. The van der Waals surface area contributed by atoms with Gasteiger partial charge in [0.25, 0.3) is 5.56 Å². The number of carbonyl (C=O) groups excluding carboxylic acids is 1. The smallest absolute Gasteiger partial charge is 0.342 e. The molecular formula is C15H11BrN2O7. The number of nitrogens with one attached hydrogen (secondary N) is 1. The molecule has 0 aliphatic rings. The number of carboxylic acid groups (broad SMARTS) is 2. The molecule has 0 bridgehead atoms. The molecule has 9 nitrogen and oxygen atoms in total. The summed E-state index contributed by atoms with van der Waals surface area (Å²) in [7, 11) is 1.11. The lowest BCUT2D eigenvalue weighted by Gasteiger charge is -2.15. The number of carbonyl (C=O) groups is 3. The fraction of sp³-hybridized carbons (Fsp3) is 0.0667. The van der Waals surface area contributed by atoms with Crippen molar-refractivity contribution in [1.29, 1.82) is 0 Å². The molecular weight excluding hydrogens is 400 g/mol. The fourth-order valence-electron chi connectivity index (χ4n) is 2.36. The van der Waals surface area contributed by atoms with Crippen LogP contribution in [-0.2, 0) is 4.74 Å². The summed E-state index contributed by atoms with van der Waals surface area (Å²) < 4.78 is 4.88. The van der Waals surface area contributed by atoms with Gasteiger partial charge < -0.3 is 25.7 Å². The van der Waals surface area contributed by atoms with E-state index in [0.717, 1.165) is 7.11 Å². The predicted molar refractivity (Wildman–Crippen MR) is 89.9 cm³/mol. The summed E-state index contributed by atoms with van der Waals surface area (Å²) in [6.07, 6.45) is 0. The van der Waals surface area contributed by atoms with Gasteiger partial charge in [-0.1, -0.05) is 12.1 Å². The van der Waals surface area contributed by atoms with E-state index in [9.17, 15) is 29.4 Å². The molecule has 0 radical (unpaired) electrons. The van der Waals surface area contributed by atoms with Gasteiger partial charge in [-0.05, 0) is 27.6 Å². The van der Waals surface area contributed by atoms with E-state index in [4.69, 9.17) is 5.73 Å². The second-order valence-electron chi connectivity index (χ2n) is 4.76. The van der Waals surface area contributed by atoms with Gasteiger partial charge in [-0.25, -0.2) is 14.4 Å². The molecule has 10 heteroatoms. The summed E-state index contributed by atoms with van der Waals surface area (Å²) in [5.74, 6) is -4.63. The van der Waals surface area contributed by atoms with Crippen LogP contribution in [0.5, 0.6) is 0 Å². The summed E-state index contributed by atoms with van der Waals surface area (Å²) in [5, 5.41) is 18.8. The van der Waals surface area contributed by atoms with Gasteiger partial charge in [-0.2, -0.15) is 0 Å². The van der Waals surface area contributed by atoms with Crippen molar-refractivity contribution in [3.05, 3.63) is 49.7 Å². The van der Waals surface area contributed by atoms with Crippen molar-refractivity contribution in [2.75, 3.05) is 12.8 Å². The number of aromatic nitrogens is 1. The normalized spacial score (nSPS) is 10.3. The Morgan fingerprint density at radius 1 is 1.12 bits per heavy atom. The maximum Gasteiger partial charge on any atom is 0.342 e. The molecule has 0 atom stereocenters. The number of H-pyrrole nitrogens is 1. The van der Waals surface area contributed by atoms with Crippen molar-refractivity contribution in [2.45, 2.75) is 0 Å². The Morgan fingerprint density at radius 3 is 2.24 bits per heavy atom. The minimum absolute atomic E-state index is 0.117. The lowest BCUT2D eigenvalue weighted by molar-refractivity contribution is 0.0597. The third kappa shape index (κ3) is 3.11. The van der Waals surface area contributed by atoms with E-state index in [1.54, 1.807) is 0 Å². The summed E-state index contributed by atoms with van der Waals surface area (Å²) >= 11 is 3.13. The summed E-state index contributed by atoms with van der Waals surface area (Å²) in [5.41, 5.74) is 2.24. The van der Waals surface area contributed by atoms with Crippen LogP contribution in [-0.4, -0.2) is 40.2 Å². The SMILES string of the molecule is COC(=O)c1c(Br)cccc1-c1c(C(=O)O)c(N)[nH]c(=O)c1C(=O)O. The number of ether oxygens (including phenoxy) is 1. The molecule has 25 heavy (non-hydrogen) atoms. The maximum absolute atomic E-state index is 12.1. The molecule has 2 aromatic rings. The van der Waals surface area contributed by atoms with Crippen LogP contribution in [0.4, 0.5) is 5.82 Å². The molecule has 130 valence electrons. The van der Waals surface area contributed by atoms with E-state index < -0.39 is 46.0 Å². The Balaban J connectivity index is 3.10. The number of carboxylic acids is 2. The van der Waals surface area contributed by atoms with Gasteiger partial charge in [-0.3, -0.25) is 4.79 Å². The van der Waals surface area contributed by atoms with E-state index in [1.165, 1.54) is 18.2 Å². The van der Waals surface area contributed by atoms with Crippen molar-refractivity contribution in [1.82, 2.24) is 4.98 Å². The van der Waals surface area contributed by atoms with Gasteiger partial charge >= 0.3 is 17.9 Å². The van der Waals surface area contributed by atoms with E-state index in [-0.39, 0.29) is 15.6 Å². The molecule has 0 saturated heterocycles. The van der Waals surface area contributed by atoms with Crippen LogP contribution in [0.3, 0.4) is 0 Å². The average Bonchev–Trinajstić information content (AvgIpc) is 2.52. The summed E-state index contributed by atoms with van der Waals surface area (Å²) in [6.45, 7) is 0. The third-order valence-electron chi connectivity index (χ3n) is 3.34. The largest absolute Gasteiger partial charge is 0.478 e. The molecule has 1 heterocycles. The van der Waals surface area contributed by atoms with Crippen molar-refractivity contribution in [3.8, 4) is 11.1 Å². The Bertz CT molecular complexity index is 965. The van der Waals surface area contributed by atoms with E-state index in [0.29, 0.717) is 0 Å². The first-order valence-electron chi connectivity index (χ1n) is 6.60. The number of methoxy groups -OCH3 is 1. The van der Waals surface area contributed by atoms with Crippen molar-refractivity contribution in [3.63, 3.8) is 0 Å². The Hall–Kier alpha value is -3.14. The number of aromatic carboxylic acids is 2. The maximum atomic E-state index is 12.1. The highest BCUT2D eigenvalue weighted by atomic mass is 79.9. The lowest BCUT2D eigenvalue weighted by atomic mass is 9.92. The number of benzene rings is 1. The van der Waals surface area contributed by atoms with Crippen LogP contribution >= 0.6 is 15.9 Å². The lowest BCUT2D eigenvalue weighted by Crippen LogP contribution is -2.24. The van der Waals surface area contributed by atoms with Crippen LogP contribution < -0.4 is 11.3 Å². The first kappa shape index (κ1) is 18.2. The summed E-state index contributed by atoms with van der Waals surface area (Å²) in [4.78, 5) is 49.3. The molecule has 0 aliphatic heterocycles. The number of hydrogen-bond donors (Lipinski definition) is 4. The molecule has 1 aromatic heterocycles. The van der Waals surface area contributed by atoms with E-state index in [1.807, 2.05) is 4.98 Å². The van der Waals surface area contributed by atoms with E-state index >= 15 is 0 Å². The van der Waals surface area contributed by atoms with Crippen LogP contribution in [0.15, 0.2) is 27.5 Å². The number of esters is 1. The minimum atomic E-state index is -1.67. The second kappa shape index (κ2) is 6.77. The topological polar surface area (TPSA) is 160 Å². The third-order valence-corrected chi connectivity index (χ3v) is 4.01. The first-order chi connectivity index (χ1) is 11.7. The van der Waals surface area contributed by atoms with Crippen LogP contribution in [0.25, 0.3) is 11.1 Å². The van der Waals surface area contributed by atoms with Gasteiger partial charge in [0.2, 0.25) is 0 Å². The number of halogens is 1. The molecule has 1 aromatic carbocycles. The van der Waals surface area contributed by atoms with Crippen LogP contribution in [0.1, 0.15) is 31.1 Å². The standard InChI is InChI=1S/C15H11BrN2O7/c1-25-15(24)7-5(3-2-4-6(7)16)8-9(13(20)21)11(17)18-12(19)10(8)14(22)23/h2-4H,1H3,(H,20,21)(H,22,23)(H3,17,18,19). The number of aromatic amines is 1. The molecule has 0 amide bonds. The molecule has 0 saturated carbocycles. The van der Waals surface area contributed by atoms with Gasteiger partial charge in [0.1, 0.15) is 16.9 Å². The average molecular weight is 411 g/mol. The molecule has 5 N–H and O–H groups in total. The Morgan fingerprint density at radius 2 is 1.72 bits per heavy atom. The van der Waals surface area contributed by atoms with Crippen molar-refractivity contribution >= 4 is 39.7 Å². The zero-order valence-electron chi connectivity index (χ0n) is 12.6. The molecule has 0 spiro atoms. The fourth-order valence-corrected chi connectivity index (χ4v) is 2.89. The van der Waals surface area contributed by atoms with Gasteiger partial charge in [-0.15, -0.1) is 0 Å². The summed E-state index contributed by atoms with van der Waals surface area (Å²) in [6, 6.07) is 4.22. The van der Waals surface area contributed by atoms with Crippen molar-refractivity contribution < 1.29 is 29.3 Å². The minimum Gasteiger partial charge on any atom is -0.478 e. The molecule has 0 aliphatic carbocycles. The monoisotopic (exact) mass is 410 g/mol. The number of nitrogens with two attached hydrogens (primary N) is 1. The highest BCUT2D eigenvalue weighted by Gasteiger charge is 2.30. The number of anilines is 1. The zero-order valence-corrected chi connectivity index (χ0v) is 14.2. The quantitative estimate of drug-likeness (QED) is 0.552. The Labute approximate surface area is 148 Å². The van der Waals surface area contributed by atoms with Gasteiger partial charge in [0.15, 0.2) is 0 Å². The Kier molecular flexibility index (Phi) is 4.93. The molecule has 0 fully saturated rings. The zero-order chi connectivity index (χ0) is 18.9. The highest BCUT2D eigenvalue weighted by molar-refractivity contribution is 9.10. The molecule has 0 unspecified atom stereocenters. The number of rotatable bonds is 4. The highest BCUT2D eigenvalue weighted by Crippen LogP contribution is 2.35. The number of hydrogen-bond acceptors (Lipinski definition) is 6. The second-order valence-corrected chi connectivity index (χ2v) is 5.61. The van der Waals surface area contributed by atoms with Gasteiger partial charge in [0.05, 0.1) is 12.7 Å². The van der Waals surface area contributed by atoms with Crippen molar-refractivity contribution in [2.24, 2.45) is 0 Å². The predicted octanol–water partition coefficient (Wildman–Crippen LogP) is 1.57. The van der Waals surface area contributed by atoms with Crippen LogP contribution in [0.2, 0.25) is 0 Å². The van der Waals surface area contributed by atoms with Gasteiger partial charge in [0, 0.05) is 10.0 Å². The number of nitrogen functional groups attached to an aromatic ring is 1.